The Morgan fingerprint density at radius 3 is 2.55 bits per heavy atom. The highest BCUT2D eigenvalue weighted by atomic mass is 35.5. The van der Waals surface area contributed by atoms with Crippen molar-refractivity contribution in [2.75, 3.05) is 33.5 Å². The zero-order chi connectivity index (χ0) is 16.3. The summed E-state index contributed by atoms with van der Waals surface area (Å²) >= 11 is 6.28. The topological polar surface area (TPSA) is 49.9 Å². The third-order valence-electron chi connectivity index (χ3n) is 4.22. The van der Waals surface area contributed by atoms with E-state index in [-0.39, 0.29) is 0 Å². The average molecular weight is 347 g/mol. The largest absolute Gasteiger partial charge is 0.496 e. The summed E-state index contributed by atoms with van der Waals surface area (Å²) in [6, 6.07) is 5.98. The Labute approximate surface area is 137 Å². The second kappa shape index (κ2) is 7.17. The van der Waals surface area contributed by atoms with Crippen LogP contribution in [0.4, 0.5) is 0 Å². The summed E-state index contributed by atoms with van der Waals surface area (Å²) < 4.78 is 30.0. The van der Waals surface area contributed by atoms with Crippen LogP contribution < -0.4 is 4.74 Å². The SMILES string of the molecule is COc1cccc(Cl)c1CN(C)C1CCN(S(C)(=O)=O)CC1. The van der Waals surface area contributed by atoms with E-state index in [0.717, 1.165) is 24.2 Å². The number of hydrogen-bond acceptors (Lipinski definition) is 4. The quantitative estimate of drug-likeness (QED) is 0.820. The Morgan fingerprint density at radius 2 is 2.00 bits per heavy atom. The van der Waals surface area contributed by atoms with Gasteiger partial charge in [-0.1, -0.05) is 17.7 Å². The molecule has 1 fully saturated rings. The fourth-order valence-corrected chi connectivity index (χ4v) is 3.98. The van der Waals surface area contributed by atoms with Crippen LogP contribution in [0.25, 0.3) is 0 Å². The molecule has 1 aromatic rings. The van der Waals surface area contributed by atoms with E-state index in [1.54, 1.807) is 11.4 Å². The third-order valence-corrected chi connectivity index (χ3v) is 5.88. The lowest BCUT2D eigenvalue weighted by Gasteiger charge is -2.35. The Kier molecular flexibility index (Phi) is 5.71. The van der Waals surface area contributed by atoms with Crippen molar-refractivity contribution in [1.29, 1.82) is 0 Å². The molecule has 0 spiro atoms. The van der Waals surface area contributed by atoms with Gasteiger partial charge in [0.2, 0.25) is 10.0 Å². The minimum absolute atomic E-state index is 0.346. The Hall–Kier alpha value is -0.820. The number of hydrogen-bond donors (Lipinski definition) is 0. The lowest BCUT2D eigenvalue weighted by Crippen LogP contribution is -2.44. The van der Waals surface area contributed by atoms with Gasteiger partial charge in [0.1, 0.15) is 5.75 Å². The van der Waals surface area contributed by atoms with Gasteiger partial charge in [-0.25, -0.2) is 12.7 Å². The number of rotatable bonds is 5. The first-order valence-electron chi connectivity index (χ1n) is 7.29. The molecule has 0 bridgehead atoms. The Balaban J connectivity index is 2.01. The summed E-state index contributed by atoms with van der Waals surface area (Å²) in [5.74, 6) is 0.785. The van der Waals surface area contributed by atoms with E-state index in [4.69, 9.17) is 16.3 Å². The van der Waals surface area contributed by atoms with Gasteiger partial charge in [0.15, 0.2) is 0 Å². The van der Waals surface area contributed by atoms with Crippen LogP contribution in [0.1, 0.15) is 18.4 Å². The lowest BCUT2D eigenvalue weighted by molar-refractivity contribution is 0.161. The molecule has 124 valence electrons. The fraction of sp³-hybridized carbons (Fsp3) is 0.600. The van der Waals surface area contributed by atoms with Gasteiger partial charge in [-0.05, 0) is 32.0 Å². The van der Waals surface area contributed by atoms with E-state index < -0.39 is 10.0 Å². The highest BCUT2D eigenvalue weighted by Crippen LogP contribution is 2.29. The van der Waals surface area contributed by atoms with Crippen molar-refractivity contribution in [3.8, 4) is 5.75 Å². The van der Waals surface area contributed by atoms with Gasteiger partial charge in [0.05, 0.1) is 13.4 Å². The molecule has 0 saturated carbocycles. The zero-order valence-corrected chi connectivity index (χ0v) is 14.8. The second-order valence-corrected chi connectivity index (χ2v) is 8.12. The van der Waals surface area contributed by atoms with Gasteiger partial charge in [-0.15, -0.1) is 0 Å². The van der Waals surface area contributed by atoms with Crippen molar-refractivity contribution in [3.63, 3.8) is 0 Å². The maximum atomic E-state index is 11.6. The molecular weight excluding hydrogens is 324 g/mol. The highest BCUT2D eigenvalue weighted by molar-refractivity contribution is 7.88. The molecule has 0 aliphatic carbocycles. The molecule has 1 saturated heterocycles. The number of benzene rings is 1. The Morgan fingerprint density at radius 1 is 1.36 bits per heavy atom. The molecule has 0 atom stereocenters. The first-order valence-corrected chi connectivity index (χ1v) is 9.52. The summed E-state index contributed by atoms with van der Waals surface area (Å²) in [6.45, 7) is 1.84. The zero-order valence-electron chi connectivity index (χ0n) is 13.3. The van der Waals surface area contributed by atoms with Crippen molar-refractivity contribution in [1.82, 2.24) is 9.21 Å². The van der Waals surface area contributed by atoms with Crippen molar-refractivity contribution < 1.29 is 13.2 Å². The van der Waals surface area contributed by atoms with Crippen LogP contribution >= 0.6 is 11.6 Å². The molecular formula is C15H23ClN2O3S. The lowest BCUT2D eigenvalue weighted by atomic mass is 10.0. The molecule has 0 N–H and O–H groups in total. The van der Waals surface area contributed by atoms with E-state index in [1.165, 1.54) is 6.26 Å². The molecule has 7 heteroatoms. The first kappa shape index (κ1) is 17.5. The molecule has 2 rings (SSSR count). The predicted molar refractivity (Wildman–Crippen MR) is 88.9 cm³/mol. The number of piperidine rings is 1. The predicted octanol–water partition coefficient (Wildman–Crippen LogP) is 2.20. The van der Waals surface area contributed by atoms with Crippen LogP contribution in [0.3, 0.4) is 0 Å². The van der Waals surface area contributed by atoms with E-state index in [2.05, 4.69) is 4.90 Å². The van der Waals surface area contributed by atoms with Gasteiger partial charge in [-0.2, -0.15) is 0 Å². The van der Waals surface area contributed by atoms with Gasteiger partial charge in [0.25, 0.3) is 0 Å². The Bertz CT molecular complexity index is 613. The number of methoxy groups -OCH3 is 1. The van der Waals surface area contributed by atoms with E-state index >= 15 is 0 Å². The van der Waals surface area contributed by atoms with Crippen molar-refractivity contribution in [2.24, 2.45) is 0 Å². The normalized spacial score (nSPS) is 17.9. The first-order chi connectivity index (χ1) is 10.3. The van der Waals surface area contributed by atoms with E-state index in [9.17, 15) is 8.42 Å². The molecule has 22 heavy (non-hydrogen) atoms. The maximum absolute atomic E-state index is 11.6. The summed E-state index contributed by atoms with van der Waals surface area (Å²) in [5.41, 5.74) is 0.972. The second-order valence-electron chi connectivity index (χ2n) is 5.73. The number of ether oxygens (including phenoxy) is 1. The molecule has 1 aromatic carbocycles. The van der Waals surface area contributed by atoms with Crippen LogP contribution in [0.2, 0.25) is 5.02 Å². The van der Waals surface area contributed by atoms with Crippen molar-refractivity contribution >= 4 is 21.6 Å². The smallest absolute Gasteiger partial charge is 0.211 e. The minimum atomic E-state index is -3.08. The highest BCUT2D eigenvalue weighted by Gasteiger charge is 2.27. The standard InChI is InChI=1S/C15H23ClN2O3S/c1-17(11-13-14(16)5-4-6-15(13)21-2)12-7-9-18(10-8-12)22(3,19)20/h4-6,12H,7-11H2,1-3H3. The molecule has 5 nitrogen and oxygen atoms in total. The molecule has 1 aliphatic heterocycles. The van der Waals surface area contributed by atoms with Crippen molar-refractivity contribution in [3.05, 3.63) is 28.8 Å². The summed E-state index contributed by atoms with van der Waals surface area (Å²) in [4.78, 5) is 2.23. The van der Waals surface area contributed by atoms with Crippen LogP contribution in [0.5, 0.6) is 5.75 Å². The molecule has 0 radical (unpaired) electrons. The monoisotopic (exact) mass is 346 g/mol. The van der Waals surface area contributed by atoms with Crippen LogP contribution in [0, 0.1) is 0 Å². The summed E-state index contributed by atoms with van der Waals surface area (Å²) in [7, 11) is 0.606. The van der Waals surface area contributed by atoms with Crippen LogP contribution in [-0.2, 0) is 16.6 Å². The molecule has 1 aliphatic rings. The van der Waals surface area contributed by atoms with Gasteiger partial charge < -0.3 is 4.74 Å². The average Bonchev–Trinajstić information content (AvgIpc) is 2.48. The minimum Gasteiger partial charge on any atom is -0.496 e. The third kappa shape index (κ3) is 4.13. The number of nitrogens with zero attached hydrogens (tertiary/aromatic N) is 2. The van der Waals surface area contributed by atoms with Crippen LogP contribution in [-0.4, -0.2) is 57.2 Å². The maximum Gasteiger partial charge on any atom is 0.211 e. The van der Waals surface area contributed by atoms with Gasteiger partial charge in [-0.3, -0.25) is 4.90 Å². The van der Waals surface area contributed by atoms with Gasteiger partial charge in [0, 0.05) is 36.3 Å². The molecule has 0 aromatic heterocycles. The van der Waals surface area contributed by atoms with E-state index in [1.807, 2.05) is 25.2 Å². The summed E-state index contributed by atoms with van der Waals surface area (Å²) in [6.07, 6.45) is 2.93. The van der Waals surface area contributed by atoms with Crippen LogP contribution in [0.15, 0.2) is 18.2 Å². The summed E-state index contributed by atoms with van der Waals surface area (Å²) in [5, 5.41) is 0.694. The number of halogens is 1. The van der Waals surface area contributed by atoms with E-state index in [0.29, 0.717) is 30.7 Å². The van der Waals surface area contributed by atoms with Gasteiger partial charge >= 0.3 is 0 Å². The molecule has 0 unspecified atom stereocenters. The number of sulfonamides is 1. The molecule has 0 amide bonds. The molecule has 1 heterocycles. The fourth-order valence-electron chi connectivity index (χ4n) is 2.88. The van der Waals surface area contributed by atoms with Crippen molar-refractivity contribution in [2.45, 2.75) is 25.4 Å².